The minimum absolute atomic E-state index is 0.165. The zero-order chi connectivity index (χ0) is 17.1. The lowest BCUT2D eigenvalue weighted by Crippen LogP contribution is -2.39. The molecule has 1 fully saturated rings. The number of morpholine rings is 1. The van der Waals surface area contributed by atoms with E-state index in [2.05, 4.69) is 20.0 Å². The monoisotopic (exact) mass is 340 g/mol. The minimum Gasteiger partial charge on any atom is -0.378 e. The summed E-state index contributed by atoms with van der Waals surface area (Å²) in [7, 11) is 0. The SMILES string of the molecule is Fc1cncc(CN2CCOCC2c2nc(-c3ccccc3)no2)c1. The fraction of sp³-hybridized carbons (Fsp3) is 0.278. The van der Waals surface area contributed by atoms with E-state index in [1.165, 1.54) is 12.3 Å². The average Bonchev–Trinajstić information content (AvgIpc) is 3.13. The Kier molecular flexibility index (Phi) is 4.49. The lowest BCUT2D eigenvalue weighted by atomic mass is 10.1. The van der Waals surface area contributed by atoms with Crippen LogP contribution >= 0.6 is 0 Å². The average molecular weight is 340 g/mol. The highest BCUT2D eigenvalue weighted by Gasteiger charge is 2.29. The molecule has 0 bridgehead atoms. The molecule has 6 nitrogen and oxygen atoms in total. The molecule has 0 spiro atoms. The van der Waals surface area contributed by atoms with Crippen molar-refractivity contribution >= 4 is 0 Å². The molecule has 1 atom stereocenters. The topological polar surface area (TPSA) is 64.3 Å². The number of benzene rings is 1. The molecule has 0 N–H and O–H groups in total. The third-order valence-electron chi connectivity index (χ3n) is 4.15. The molecular formula is C18H17FN4O2. The van der Waals surface area contributed by atoms with Crippen LogP contribution in [0.5, 0.6) is 0 Å². The zero-order valence-corrected chi connectivity index (χ0v) is 13.5. The van der Waals surface area contributed by atoms with Crippen LogP contribution in [-0.2, 0) is 11.3 Å². The summed E-state index contributed by atoms with van der Waals surface area (Å²) in [5.74, 6) is 0.711. The van der Waals surface area contributed by atoms with Crippen LogP contribution in [0.15, 0.2) is 53.3 Å². The molecule has 0 aliphatic carbocycles. The van der Waals surface area contributed by atoms with Gasteiger partial charge in [0.2, 0.25) is 11.7 Å². The van der Waals surface area contributed by atoms with Crippen molar-refractivity contribution in [3.05, 3.63) is 66.1 Å². The van der Waals surface area contributed by atoms with Gasteiger partial charge in [-0.25, -0.2) is 4.39 Å². The van der Waals surface area contributed by atoms with Gasteiger partial charge in [-0.2, -0.15) is 4.98 Å². The summed E-state index contributed by atoms with van der Waals surface area (Å²) in [6, 6.07) is 11.0. The fourth-order valence-electron chi connectivity index (χ4n) is 2.91. The van der Waals surface area contributed by atoms with Gasteiger partial charge in [-0.15, -0.1) is 0 Å². The number of rotatable bonds is 4. The van der Waals surface area contributed by atoms with Gasteiger partial charge in [-0.3, -0.25) is 9.88 Å². The first-order chi connectivity index (χ1) is 12.3. The predicted octanol–water partition coefficient (Wildman–Crippen LogP) is 2.84. The van der Waals surface area contributed by atoms with Crippen molar-refractivity contribution < 1.29 is 13.7 Å². The second-order valence-corrected chi connectivity index (χ2v) is 5.89. The Labute approximate surface area is 144 Å². The predicted molar refractivity (Wildman–Crippen MR) is 87.9 cm³/mol. The van der Waals surface area contributed by atoms with Crippen molar-refractivity contribution in [1.82, 2.24) is 20.0 Å². The highest BCUT2D eigenvalue weighted by Crippen LogP contribution is 2.26. The van der Waals surface area contributed by atoms with Crippen molar-refractivity contribution in [2.75, 3.05) is 19.8 Å². The molecule has 0 radical (unpaired) electrons. The van der Waals surface area contributed by atoms with Crippen molar-refractivity contribution in [2.45, 2.75) is 12.6 Å². The molecule has 0 amide bonds. The lowest BCUT2D eigenvalue weighted by molar-refractivity contribution is -0.0241. The molecule has 4 rings (SSSR count). The van der Waals surface area contributed by atoms with Crippen molar-refractivity contribution in [2.24, 2.45) is 0 Å². The largest absolute Gasteiger partial charge is 0.378 e. The number of pyridine rings is 1. The first-order valence-electron chi connectivity index (χ1n) is 8.10. The van der Waals surface area contributed by atoms with Gasteiger partial charge in [-0.05, 0) is 11.6 Å². The highest BCUT2D eigenvalue weighted by molar-refractivity contribution is 5.53. The molecule has 1 unspecified atom stereocenters. The van der Waals surface area contributed by atoms with Crippen LogP contribution < -0.4 is 0 Å². The molecule has 7 heteroatoms. The number of hydrogen-bond donors (Lipinski definition) is 0. The van der Waals surface area contributed by atoms with E-state index >= 15 is 0 Å². The third-order valence-corrected chi connectivity index (χ3v) is 4.15. The third kappa shape index (κ3) is 3.57. The van der Waals surface area contributed by atoms with E-state index in [9.17, 15) is 4.39 Å². The molecule has 1 aromatic carbocycles. The number of nitrogens with zero attached hydrogens (tertiary/aromatic N) is 4. The summed E-state index contributed by atoms with van der Waals surface area (Å²) >= 11 is 0. The van der Waals surface area contributed by atoms with Crippen LogP contribution in [0.2, 0.25) is 0 Å². The molecule has 3 heterocycles. The van der Waals surface area contributed by atoms with Gasteiger partial charge in [0.25, 0.3) is 0 Å². The summed E-state index contributed by atoms with van der Waals surface area (Å²) in [5, 5.41) is 4.08. The van der Waals surface area contributed by atoms with Crippen LogP contribution in [0.3, 0.4) is 0 Å². The van der Waals surface area contributed by atoms with Crippen LogP contribution in [0, 0.1) is 5.82 Å². The zero-order valence-electron chi connectivity index (χ0n) is 13.5. The van der Waals surface area contributed by atoms with E-state index in [1.54, 1.807) is 6.20 Å². The molecule has 2 aromatic heterocycles. The second kappa shape index (κ2) is 7.08. The molecule has 0 saturated carbocycles. The van der Waals surface area contributed by atoms with E-state index in [1.807, 2.05) is 30.3 Å². The summed E-state index contributed by atoms with van der Waals surface area (Å²) in [6.07, 6.45) is 2.86. The molecular weight excluding hydrogens is 323 g/mol. The summed E-state index contributed by atoms with van der Waals surface area (Å²) in [4.78, 5) is 10.6. The number of aromatic nitrogens is 3. The van der Waals surface area contributed by atoms with Gasteiger partial charge in [0.05, 0.1) is 19.4 Å². The van der Waals surface area contributed by atoms with Gasteiger partial charge < -0.3 is 9.26 Å². The fourth-order valence-corrected chi connectivity index (χ4v) is 2.91. The van der Waals surface area contributed by atoms with E-state index in [0.29, 0.717) is 38.0 Å². The normalized spacial score (nSPS) is 18.4. The Morgan fingerprint density at radius 1 is 1.20 bits per heavy atom. The number of halogens is 1. The smallest absolute Gasteiger partial charge is 0.246 e. The van der Waals surface area contributed by atoms with Gasteiger partial charge >= 0.3 is 0 Å². The van der Waals surface area contributed by atoms with Gasteiger partial charge in [-0.1, -0.05) is 35.5 Å². The summed E-state index contributed by atoms with van der Waals surface area (Å²) in [6.45, 7) is 2.31. The van der Waals surface area contributed by atoms with Gasteiger partial charge in [0.1, 0.15) is 11.9 Å². The van der Waals surface area contributed by atoms with Crippen molar-refractivity contribution in [3.8, 4) is 11.4 Å². The van der Waals surface area contributed by atoms with Crippen LogP contribution in [-0.4, -0.2) is 39.8 Å². The van der Waals surface area contributed by atoms with Gasteiger partial charge in [0, 0.05) is 24.8 Å². The Balaban J connectivity index is 1.56. The second-order valence-electron chi connectivity index (χ2n) is 5.89. The summed E-state index contributed by atoms with van der Waals surface area (Å²) < 4.78 is 24.4. The van der Waals surface area contributed by atoms with E-state index in [4.69, 9.17) is 9.26 Å². The van der Waals surface area contributed by atoms with Gasteiger partial charge in [0.15, 0.2) is 0 Å². The van der Waals surface area contributed by atoms with Crippen LogP contribution in [0.4, 0.5) is 4.39 Å². The molecule has 128 valence electrons. The molecule has 1 aliphatic heterocycles. The maximum atomic E-state index is 13.4. The Morgan fingerprint density at radius 2 is 2.08 bits per heavy atom. The minimum atomic E-state index is -0.341. The highest BCUT2D eigenvalue weighted by atomic mass is 19.1. The Morgan fingerprint density at radius 3 is 2.92 bits per heavy atom. The number of ether oxygens (including phenoxy) is 1. The maximum Gasteiger partial charge on any atom is 0.246 e. The number of hydrogen-bond acceptors (Lipinski definition) is 6. The van der Waals surface area contributed by atoms with Crippen LogP contribution in [0.25, 0.3) is 11.4 Å². The van der Waals surface area contributed by atoms with E-state index < -0.39 is 0 Å². The Bertz CT molecular complexity index is 840. The first kappa shape index (κ1) is 15.9. The molecule has 1 aliphatic rings. The Hall–Kier alpha value is -2.64. The molecule has 1 saturated heterocycles. The standard InChI is InChI=1S/C18H17FN4O2/c19-15-8-13(9-20-10-15)11-23-6-7-24-12-16(23)18-21-17(22-25-18)14-4-2-1-3-5-14/h1-5,8-10,16H,6-7,11-12H2. The maximum absolute atomic E-state index is 13.4. The van der Waals surface area contributed by atoms with Crippen LogP contribution in [0.1, 0.15) is 17.5 Å². The molecule has 25 heavy (non-hydrogen) atoms. The van der Waals surface area contributed by atoms with E-state index in [-0.39, 0.29) is 11.9 Å². The van der Waals surface area contributed by atoms with Crippen molar-refractivity contribution in [3.63, 3.8) is 0 Å². The first-order valence-corrected chi connectivity index (χ1v) is 8.10. The summed E-state index contributed by atoms with van der Waals surface area (Å²) in [5.41, 5.74) is 1.70. The molecule has 3 aromatic rings. The lowest BCUT2D eigenvalue weighted by Gasteiger charge is -2.33. The quantitative estimate of drug-likeness (QED) is 0.728. The van der Waals surface area contributed by atoms with E-state index in [0.717, 1.165) is 11.1 Å². The van der Waals surface area contributed by atoms with Crippen molar-refractivity contribution in [1.29, 1.82) is 0 Å².